The number of benzene rings is 1. The van der Waals surface area contributed by atoms with E-state index >= 15 is 0 Å². The molecule has 4 nitrogen and oxygen atoms in total. The van der Waals surface area contributed by atoms with Crippen molar-refractivity contribution < 1.29 is 19.0 Å². The highest BCUT2D eigenvalue weighted by atomic mass is 16.7. The lowest BCUT2D eigenvalue weighted by Crippen LogP contribution is -2.44. The second-order valence-electron chi connectivity index (χ2n) is 6.59. The molecule has 4 heteroatoms. The van der Waals surface area contributed by atoms with Crippen molar-refractivity contribution in [2.75, 3.05) is 13.9 Å². The van der Waals surface area contributed by atoms with Crippen LogP contribution >= 0.6 is 0 Å². The molecule has 0 N–H and O–H groups in total. The van der Waals surface area contributed by atoms with Gasteiger partial charge in [-0.3, -0.25) is 4.79 Å². The predicted molar refractivity (Wildman–Crippen MR) is 91.6 cm³/mol. The Kier molecular flexibility index (Phi) is 4.76. The summed E-state index contributed by atoms with van der Waals surface area (Å²) in [6.45, 7) is 6.14. The van der Waals surface area contributed by atoms with Crippen molar-refractivity contribution in [2.45, 2.75) is 31.8 Å². The average Bonchev–Trinajstić information content (AvgIpc) is 3.00. The standard InChI is InChI=1S/C20H24O4/c1-4-5-16-12-20(19(11-18(16)21)23-13-24-20)14(2)10-15-6-8-17(22-3)9-7-15/h4,6-9,11,14,16H,1,5,10,12-13H2,2-3H3/t14?,16?,20-/m1/s1. The molecule has 1 aliphatic heterocycles. The first kappa shape index (κ1) is 16.8. The van der Waals surface area contributed by atoms with Gasteiger partial charge in [0.1, 0.15) is 17.1 Å². The summed E-state index contributed by atoms with van der Waals surface area (Å²) < 4.78 is 16.9. The summed E-state index contributed by atoms with van der Waals surface area (Å²) in [5, 5.41) is 0. The number of hydrogen-bond donors (Lipinski definition) is 0. The van der Waals surface area contributed by atoms with Gasteiger partial charge in [-0.15, -0.1) is 6.58 Å². The lowest BCUT2D eigenvalue weighted by molar-refractivity contribution is -0.123. The maximum atomic E-state index is 12.2. The fourth-order valence-corrected chi connectivity index (χ4v) is 3.70. The molecule has 2 aliphatic rings. The molecule has 0 spiro atoms. The van der Waals surface area contributed by atoms with Gasteiger partial charge in [0.15, 0.2) is 12.6 Å². The maximum Gasteiger partial charge on any atom is 0.189 e. The van der Waals surface area contributed by atoms with Crippen molar-refractivity contribution in [3.8, 4) is 5.75 Å². The number of ether oxygens (including phenoxy) is 3. The molecule has 24 heavy (non-hydrogen) atoms. The second kappa shape index (κ2) is 6.81. The Morgan fingerprint density at radius 1 is 1.42 bits per heavy atom. The summed E-state index contributed by atoms with van der Waals surface area (Å²) in [5.74, 6) is 1.77. The second-order valence-corrected chi connectivity index (χ2v) is 6.59. The van der Waals surface area contributed by atoms with Crippen LogP contribution in [0.25, 0.3) is 0 Å². The van der Waals surface area contributed by atoms with Gasteiger partial charge >= 0.3 is 0 Å². The first-order chi connectivity index (χ1) is 11.6. The van der Waals surface area contributed by atoms with Crippen LogP contribution in [-0.2, 0) is 20.7 Å². The molecule has 1 fully saturated rings. The third kappa shape index (κ3) is 2.98. The van der Waals surface area contributed by atoms with E-state index in [2.05, 4.69) is 25.6 Å². The Labute approximate surface area is 143 Å². The van der Waals surface area contributed by atoms with E-state index in [0.717, 1.165) is 12.2 Å². The van der Waals surface area contributed by atoms with Gasteiger partial charge in [0, 0.05) is 12.0 Å². The molecule has 3 atom stereocenters. The number of ketones is 1. The molecule has 0 saturated carbocycles. The van der Waals surface area contributed by atoms with E-state index in [-0.39, 0.29) is 24.4 Å². The van der Waals surface area contributed by atoms with Gasteiger partial charge in [-0.05, 0) is 42.9 Å². The Hall–Kier alpha value is -2.07. The van der Waals surface area contributed by atoms with E-state index in [1.54, 1.807) is 19.3 Å². The predicted octanol–water partition coefficient (Wildman–Crippen LogP) is 3.67. The summed E-state index contributed by atoms with van der Waals surface area (Å²) in [6.07, 6.45) is 5.61. The van der Waals surface area contributed by atoms with Gasteiger partial charge in [-0.1, -0.05) is 25.1 Å². The van der Waals surface area contributed by atoms with Gasteiger partial charge in [-0.25, -0.2) is 0 Å². The zero-order valence-electron chi connectivity index (χ0n) is 14.3. The number of carbonyl (C=O) groups is 1. The number of allylic oxidation sites excluding steroid dienone is 2. The molecule has 0 amide bonds. The molecular formula is C20H24O4. The van der Waals surface area contributed by atoms with E-state index in [1.807, 2.05) is 12.1 Å². The van der Waals surface area contributed by atoms with Gasteiger partial charge in [0.2, 0.25) is 0 Å². The molecule has 0 aromatic heterocycles. The van der Waals surface area contributed by atoms with Gasteiger partial charge in [-0.2, -0.15) is 0 Å². The van der Waals surface area contributed by atoms with Crippen LogP contribution in [0.4, 0.5) is 0 Å². The van der Waals surface area contributed by atoms with Gasteiger partial charge < -0.3 is 14.2 Å². The van der Waals surface area contributed by atoms with Crippen LogP contribution in [0.5, 0.6) is 5.75 Å². The molecular weight excluding hydrogens is 304 g/mol. The Bertz CT molecular complexity index is 646. The third-order valence-electron chi connectivity index (χ3n) is 5.12. The maximum absolute atomic E-state index is 12.2. The highest BCUT2D eigenvalue weighted by molar-refractivity contribution is 5.93. The molecule has 1 aliphatic carbocycles. The van der Waals surface area contributed by atoms with Crippen molar-refractivity contribution in [2.24, 2.45) is 11.8 Å². The molecule has 1 aromatic carbocycles. The Balaban J connectivity index is 1.82. The minimum absolute atomic E-state index is 0.0775. The fourth-order valence-electron chi connectivity index (χ4n) is 3.70. The lowest BCUT2D eigenvalue weighted by Gasteiger charge is -2.38. The summed E-state index contributed by atoms with van der Waals surface area (Å²) >= 11 is 0. The van der Waals surface area contributed by atoms with Crippen LogP contribution in [0.2, 0.25) is 0 Å². The zero-order chi connectivity index (χ0) is 17.2. The lowest BCUT2D eigenvalue weighted by atomic mass is 9.71. The SMILES string of the molecule is C=CCC1C[C@]2(C(C)Cc3ccc(OC)cc3)OCOC2=CC1=O. The number of fused-ring (bicyclic) bond motifs is 1. The monoisotopic (exact) mass is 328 g/mol. The largest absolute Gasteiger partial charge is 0.497 e. The van der Waals surface area contributed by atoms with Crippen molar-refractivity contribution in [3.63, 3.8) is 0 Å². The quantitative estimate of drug-likeness (QED) is 0.748. The van der Waals surface area contributed by atoms with Crippen molar-refractivity contribution in [1.29, 1.82) is 0 Å². The van der Waals surface area contributed by atoms with Crippen molar-refractivity contribution in [3.05, 3.63) is 54.3 Å². The van der Waals surface area contributed by atoms with E-state index in [0.29, 0.717) is 18.6 Å². The fraction of sp³-hybridized carbons (Fsp3) is 0.450. The van der Waals surface area contributed by atoms with E-state index < -0.39 is 5.60 Å². The molecule has 0 bridgehead atoms. The van der Waals surface area contributed by atoms with E-state index in [1.165, 1.54) is 5.56 Å². The molecule has 2 unspecified atom stereocenters. The topological polar surface area (TPSA) is 44.8 Å². The minimum Gasteiger partial charge on any atom is -0.497 e. The van der Waals surface area contributed by atoms with E-state index in [9.17, 15) is 4.79 Å². The summed E-state index contributed by atoms with van der Waals surface area (Å²) in [4.78, 5) is 12.2. The first-order valence-corrected chi connectivity index (χ1v) is 8.35. The number of hydrogen-bond acceptors (Lipinski definition) is 4. The highest BCUT2D eigenvalue weighted by Crippen LogP contribution is 2.46. The van der Waals surface area contributed by atoms with Gasteiger partial charge in [0.25, 0.3) is 0 Å². The minimum atomic E-state index is -0.512. The Morgan fingerprint density at radius 2 is 2.17 bits per heavy atom. The molecule has 1 heterocycles. The summed E-state index contributed by atoms with van der Waals surface area (Å²) in [7, 11) is 1.66. The molecule has 0 radical (unpaired) electrons. The van der Waals surface area contributed by atoms with Crippen molar-refractivity contribution in [1.82, 2.24) is 0 Å². The van der Waals surface area contributed by atoms with Crippen molar-refractivity contribution >= 4 is 5.78 Å². The van der Waals surface area contributed by atoms with E-state index in [4.69, 9.17) is 14.2 Å². The Morgan fingerprint density at radius 3 is 2.83 bits per heavy atom. The first-order valence-electron chi connectivity index (χ1n) is 8.35. The third-order valence-corrected chi connectivity index (χ3v) is 5.12. The zero-order valence-corrected chi connectivity index (χ0v) is 14.3. The highest BCUT2D eigenvalue weighted by Gasteiger charge is 2.51. The van der Waals surface area contributed by atoms with Crippen LogP contribution < -0.4 is 4.74 Å². The summed E-state index contributed by atoms with van der Waals surface area (Å²) in [5.41, 5.74) is 0.700. The number of carbonyl (C=O) groups excluding carboxylic acids is 1. The van der Waals surface area contributed by atoms with Crippen LogP contribution in [0.3, 0.4) is 0 Å². The normalized spacial score (nSPS) is 27.0. The molecule has 128 valence electrons. The summed E-state index contributed by atoms with van der Waals surface area (Å²) in [6, 6.07) is 8.07. The number of rotatable bonds is 6. The van der Waals surface area contributed by atoms with Crippen LogP contribution in [0.1, 0.15) is 25.3 Å². The van der Waals surface area contributed by atoms with Gasteiger partial charge in [0.05, 0.1) is 7.11 Å². The van der Waals surface area contributed by atoms with Crippen LogP contribution in [0, 0.1) is 11.8 Å². The smallest absolute Gasteiger partial charge is 0.189 e. The number of methoxy groups -OCH3 is 1. The molecule has 1 aromatic rings. The van der Waals surface area contributed by atoms with Crippen LogP contribution in [-0.4, -0.2) is 25.3 Å². The molecule has 1 saturated heterocycles. The average molecular weight is 328 g/mol. The molecule has 3 rings (SSSR count). The van der Waals surface area contributed by atoms with Crippen LogP contribution in [0.15, 0.2) is 48.8 Å².